The number of nitrogens with two attached hydrogens (primary N) is 1. The number of fused-ring (bicyclic) bond motifs is 1. The fourth-order valence-electron chi connectivity index (χ4n) is 5.00. The third kappa shape index (κ3) is 4.43. The van der Waals surface area contributed by atoms with Gasteiger partial charge in [-0.1, -0.05) is 19.9 Å². The van der Waals surface area contributed by atoms with E-state index in [1.807, 2.05) is 23.7 Å². The number of nitrogens with zero attached hydrogens (tertiary/aromatic N) is 5. The minimum atomic E-state index is -0.968. The molecule has 0 saturated carbocycles. The molecule has 1 aliphatic heterocycles. The van der Waals surface area contributed by atoms with Gasteiger partial charge in [-0.15, -0.1) is 0 Å². The van der Waals surface area contributed by atoms with Gasteiger partial charge in [-0.05, 0) is 49.2 Å². The van der Waals surface area contributed by atoms with Crippen LogP contribution < -0.4 is 21.5 Å². The van der Waals surface area contributed by atoms with E-state index in [9.17, 15) is 18.4 Å². The lowest BCUT2D eigenvalue weighted by molar-refractivity contribution is 0.102. The second-order valence-corrected chi connectivity index (χ2v) is 9.84. The van der Waals surface area contributed by atoms with E-state index >= 15 is 0 Å². The number of carbonyl (C=O) groups is 1. The number of imidazole rings is 1. The number of amides is 1. The second-order valence-electron chi connectivity index (χ2n) is 9.84. The first-order chi connectivity index (χ1) is 18.2. The summed E-state index contributed by atoms with van der Waals surface area (Å²) in [4.78, 5) is 32.8. The van der Waals surface area contributed by atoms with Gasteiger partial charge in [-0.25, -0.2) is 13.8 Å². The number of para-hydroxylation sites is 1. The Bertz CT molecular complexity index is 1570. The van der Waals surface area contributed by atoms with Gasteiger partial charge in [-0.2, -0.15) is 9.78 Å². The van der Waals surface area contributed by atoms with Crippen LogP contribution in [0.1, 0.15) is 42.5 Å². The van der Waals surface area contributed by atoms with Gasteiger partial charge < -0.3 is 20.5 Å². The number of hydrogen-bond donors (Lipinski definition) is 2. The summed E-state index contributed by atoms with van der Waals surface area (Å²) in [6.07, 6.45) is 0.921. The zero-order valence-corrected chi connectivity index (χ0v) is 21.4. The number of hydrogen-bond acceptors (Lipinski definition) is 6. The normalized spacial score (nSPS) is 15.6. The van der Waals surface area contributed by atoms with Crippen LogP contribution in [0.25, 0.3) is 16.7 Å². The molecule has 0 spiro atoms. The van der Waals surface area contributed by atoms with E-state index in [0.29, 0.717) is 22.8 Å². The number of anilines is 2. The van der Waals surface area contributed by atoms with Gasteiger partial charge in [0.1, 0.15) is 22.7 Å². The molecule has 1 fully saturated rings. The maximum Gasteiger partial charge on any atom is 0.276 e. The maximum absolute atomic E-state index is 14.4. The number of rotatable bonds is 6. The highest BCUT2D eigenvalue weighted by atomic mass is 19.1. The van der Waals surface area contributed by atoms with E-state index in [1.54, 1.807) is 0 Å². The van der Waals surface area contributed by atoms with Crippen LogP contribution in [0.5, 0.6) is 0 Å². The molecule has 3 heterocycles. The number of benzene rings is 2. The molecule has 0 bridgehead atoms. The minimum absolute atomic E-state index is 0.177. The van der Waals surface area contributed by atoms with Crippen molar-refractivity contribution in [3.63, 3.8) is 0 Å². The Labute approximate surface area is 217 Å². The molecule has 9 nitrogen and oxygen atoms in total. The van der Waals surface area contributed by atoms with Crippen molar-refractivity contribution < 1.29 is 13.6 Å². The molecule has 1 aliphatic rings. The Hall–Kier alpha value is -4.12. The SMILES string of the molecule is CC(C)c1nc2c(N3CC[C@H](CN)C3)c(NC(=O)c3ccc(=O)n(-c4c(F)cccc4F)n3)ccc2n1C. The summed E-state index contributed by atoms with van der Waals surface area (Å²) in [5, 5.41) is 6.87. The fourth-order valence-corrected chi connectivity index (χ4v) is 5.00. The topological polar surface area (TPSA) is 111 Å². The van der Waals surface area contributed by atoms with Crippen LogP contribution in [0.3, 0.4) is 0 Å². The van der Waals surface area contributed by atoms with Crippen molar-refractivity contribution in [2.75, 3.05) is 29.9 Å². The van der Waals surface area contributed by atoms with Gasteiger partial charge in [0.15, 0.2) is 11.6 Å². The minimum Gasteiger partial charge on any atom is -0.368 e. The average Bonchev–Trinajstić information content (AvgIpc) is 3.49. The number of halogens is 2. The molecular formula is C27H29F2N7O2. The van der Waals surface area contributed by atoms with Crippen molar-refractivity contribution in [1.82, 2.24) is 19.3 Å². The average molecular weight is 522 g/mol. The van der Waals surface area contributed by atoms with Crippen molar-refractivity contribution in [1.29, 1.82) is 0 Å². The summed E-state index contributed by atoms with van der Waals surface area (Å²) in [6.45, 7) is 6.19. The van der Waals surface area contributed by atoms with Gasteiger partial charge >= 0.3 is 0 Å². The number of nitrogens with one attached hydrogen (secondary N) is 1. The first kappa shape index (κ1) is 25.5. The van der Waals surface area contributed by atoms with E-state index in [0.717, 1.165) is 60.3 Å². The van der Waals surface area contributed by atoms with E-state index in [-0.39, 0.29) is 11.6 Å². The lowest BCUT2D eigenvalue weighted by Crippen LogP contribution is -2.27. The lowest BCUT2D eigenvalue weighted by atomic mass is 10.1. The van der Waals surface area contributed by atoms with Crippen LogP contribution in [-0.2, 0) is 7.05 Å². The van der Waals surface area contributed by atoms with E-state index in [2.05, 4.69) is 29.2 Å². The van der Waals surface area contributed by atoms with Crippen LogP contribution in [0.4, 0.5) is 20.2 Å². The van der Waals surface area contributed by atoms with E-state index in [1.165, 1.54) is 12.1 Å². The first-order valence-electron chi connectivity index (χ1n) is 12.5. The van der Waals surface area contributed by atoms with Crippen LogP contribution >= 0.6 is 0 Å². The quantitative estimate of drug-likeness (QED) is 0.402. The zero-order valence-electron chi connectivity index (χ0n) is 21.4. The van der Waals surface area contributed by atoms with Crippen molar-refractivity contribution >= 4 is 28.3 Å². The molecule has 2 aromatic heterocycles. The lowest BCUT2D eigenvalue weighted by Gasteiger charge is -2.23. The maximum atomic E-state index is 14.4. The van der Waals surface area contributed by atoms with Crippen molar-refractivity contribution in [3.05, 3.63) is 76.0 Å². The van der Waals surface area contributed by atoms with E-state index < -0.39 is 28.8 Å². The largest absolute Gasteiger partial charge is 0.368 e. The number of aromatic nitrogens is 4. The predicted octanol–water partition coefficient (Wildman–Crippen LogP) is 3.56. The van der Waals surface area contributed by atoms with Gasteiger partial charge in [0.25, 0.3) is 11.5 Å². The molecule has 0 radical (unpaired) electrons. The van der Waals surface area contributed by atoms with Crippen molar-refractivity contribution in [2.24, 2.45) is 18.7 Å². The highest BCUT2D eigenvalue weighted by Crippen LogP contribution is 2.38. The Kier molecular flexibility index (Phi) is 6.70. The standard InChI is InChI=1S/C27H29F2N7O2/c1-15(2)26-32-23-21(34(26)3)9-7-19(25(23)35-12-11-16(13-30)14-35)31-27(38)20-8-10-22(37)36(33-20)24-17(28)5-4-6-18(24)29/h4-10,15-16H,11-14,30H2,1-3H3,(H,31,38)/t16-/m1/s1. The molecule has 3 N–H and O–H groups in total. The third-order valence-corrected chi connectivity index (χ3v) is 6.94. The summed E-state index contributed by atoms with van der Waals surface area (Å²) >= 11 is 0. The highest BCUT2D eigenvalue weighted by molar-refractivity contribution is 6.08. The Morgan fingerprint density at radius 1 is 1.13 bits per heavy atom. The fraction of sp³-hybridized carbons (Fsp3) is 0.333. The van der Waals surface area contributed by atoms with Crippen LogP contribution in [0, 0.1) is 17.6 Å². The highest BCUT2D eigenvalue weighted by Gasteiger charge is 2.28. The Balaban J connectivity index is 1.57. The summed E-state index contributed by atoms with van der Waals surface area (Å²) in [5.74, 6) is -1.14. The van der Waals surface area contributed by atoms with Crippen molar-refractivity contribution in [2.45, 2.75) is 26.2 Å². The molecule has 5 rings (SSSR count). The molecule has 1 atom stereocenters. The second kappa shape index (κ2) is 9.97. The molecule has 11 heteroatoms. The van der Waals surface area contributed by atoms with Crippen LogP contribution in [-0.4, -0.2) is 44.9 Å². The molecule has 2 aromatic carbocycles. The van der Waals surface area contributed by atoms with Gasteiger partial charge in [0.05, 0.1) is 16.9 Å². The smallest absolute Gasteiger partial charge is 0.276 e. The Morgan fingerprint density at radius 2 is 1.87 bits per heavy atom. The van der Waals surface area contributed by atoms with E-state index in [4.69, 9.17) is 10.7 Å². The summed E-state index contributed by atoms with van der Waals surface area (Å²) in [5.41, 5.74) is 7.34. The van der Waals surface area contributed by atoms with Gasteiger partial charge in [-0.3, -0.25) is 9.59 Å². The molecule has 4 aromatic rings. The van der Waals surface area contributed by atoms with Gasteiger partial charge in [0.2, 0.25) is 0 Å². The summed E-state index contributed by atoms with van der Waals surface area (Å²) in [7, 11) is 1.97. The van der Waals surface area contributed by atoms with Gasteiger partial charge in [0, 0.05) is 32.1 Å². The predicted molar refractivity (Wildman–Crippen MR) is 142 cm³/mol. The molecule has 1 saturated heterocycles. The summed E-state index contributed by atoms with van der Waals surface area (Å²) < 4.78 is 31.3. The molecule has 38 heavy (non-hydrogen) atoms. The zero-order chi connectivity index (χ0) is 27.1. The molecule has 0 aliphatic carbocycles. The van der Waals surface area contributed by atoms with Crippen molar-refractivity contribution in [3.8, 4) is 5.69 Å². The number of carbonyl (C=O) groups excluding carboxylic acids is 1. The first-order valence-corrected chi connectivity index (χ1v) is 12.5. The van der Waals surface area contributed by atoms with Crippen LogP contribution in [0.15, 0.2) is 47.3 Å². The molecular weight excluding hydrogens is 492 g/mol. The molecule has 198 valence electrons. The molecule has 0 unspecified atom stereocenters. The Morgan fingerprint density at radius 3 is 2.53 bits per heavy atom. The monoisotopic (exact) mass is 521 g/mol. The molecule has 1 amide bonds. The summed E-state index contributed by atoms with van der Waals surface area (Å²) in [6, 6.07) is 9.20. The number of aryl methyl sites for hydroxylation is 1. The third-order valence-electron chi connectivity index (χ3n) is 6.94. The van der Waals surface area contributed by atoms with Crippen LogP contribution in [0.2, 0.25) is 0 Å².